The summed E-state index contributed by atoms with van der Waals surface area (Å²) in [5.41, 5.74) is 1.35. The Bertz CT molecular complexity index is 1150. The van der Waals surface area contributed by atoms with Crippen molar-refractivity contribution < 1.29 is 13.2 Å². The van der Waals surface area contributed by atoms with Crippen LogP contribution in [0.5, 0.6) is 0 Å². The van der Waals surface area contributed by atoms with Crippen molar-refractivity contribution in [2.24, 2.45) is 0 Å². The normalized spacial score (nSPS) is 15.0. The number of hydrogen-bond donors (Lipinski definition) is 0. The van der Waals surface area contributed by atoms with E-state index in [-0.39, 0.29) is 21.3 Å². The van der Waals surface area contributed by atoms with Gasteiger partial charge >= 0.3 is 0 Å². The van der Waals surface area contributed by atoms with Crippen molar-refractivity contribution in [3.8, 4) is 0 Å². The smallest absolute Gasteiger partial charge is 0.256 e. The third kappa shape index (κ3) is 3.29. The second-order valence-corrected chi connectivity index (χ2v) is 9.77. The van der Waals surface area contributed by atoms with E-state index in [1.54, 1.807) is 66.1 Å². The molecule has 0 atom stereocenters. The summed E-state index contributed by atoms with van der Waals surface area (Å²) in [4.78, 5) is 19.6. The second kappa shape index (κ2) is 7.56. The van der Waals surface area contributed by atoms with E-state index in [1.807, 2.05) is 6.07 Å². The van der Waals surface area contributed by atoms with Crippen LogP contribution in [0.1, 0.15) is 15.9 Å². The third-order valence-corrected chi connectivity index (χ3v) is 7.86. The molecule has 0 spiro atoms. The zero-order valence-electron chi connectivity index (χ0n) is 15.5. The summed E-state index contributed by atoms with van der Waals surface area (Å²) in [6.45, 7) is 2.99. The Hall–Kier alpha value is -2.38. The fourth-order valence-corrected chi connectivity index (χ4v) is 6.23. The Balaban J connectivity index is 1.97. The van der Waals surface area contributed by atoms with Gasteiger partial charge in [0.15, 0.2) is 0 Å². The van der Waals surface area contributed by atoms with Gasteiger partial charge in [-0.05, 0) is 24.6 Å². The van der Waals surface area contributed by atoms with Crippen LogP contribution in [0.4, 0.5) is 0 Å². The molecule has 2 aromatic carbocycles. The Kier molecular flexibility index (Phi) is 5.12. The van der Waals surface area contributed by atoms with Crippen molar-refractivity contribution in [1.82, 2.24) is 9.88 Å². The van der Waals surface area contributed by atoms with E-state index in [2.05, 4.69) is 4.98 Å². The van der Waals surface area contributed by atoms with Crippen LogP contribution in [0.15, 0.2) is 64.5 Å². The minimum Gasteiger partial charge on any atom is -0.337 e. The van der Waals surface area contributed by atoms with Crippen molar-refractivity contribution >= 4 is 38.4 Å². The highest BCUT2D eigenvalue weighted by Gasteiger charge is 2.31. The predicted molar refractivity (Wildman–Crippen MR) is 112 cm³/mol. The van der Waals surface area contributed by atoms with E-state index in [0.29, 0.717) is 29.6 Å². The molecule has 1 fully saturated rings. The molecule has 0 N–H and O–H groups in total. The predicted octanol–water partition coefficient (Wildman–Crippen LogP) is 3.57. The molecule has 2 heterocycles. The van der Waals surface area contributed by atoms with Crippen LogP contribution in [0.3, 0.4) is 0 Å². The monoisotopic (exact) mass is 412 g/mol. The highest BCUT2D eigenvalue weighted by atomic mass is 32.2. The maximum atomic E-state index is 13.7. The first-order chi connectivity index (χ1) is 13.5. The minimum atomic E-state index is -3.90. The van der Waals surface area contributed by atoms with Crippen LogP contribution in [-0.4, -0.2) is 48.8 Å². The molecule has 0 saturated carbocycles. The molecule has 1 aliphatic heterocycles. The fourth-order valence-electron chi connectivity index (χ4n) is 3.46. The Labute approximate surface area is 168 Å². The molecule has 3 aromatic rings. The maximum Gasteiger partial charge on any atom is 0.256 e. The zero-order valence-corrected chi connectivity index (χ0v) is 17.1. The Morgan fingerprint density at radius 2 is 1.71 bits per heavy atom. The van der Waals surface area contributed by atoms with Gasteiger partial charge in [0.2, 0.25) is 9.84 Å². The average molecular weight is 413 g/mol. The van der Waals surface area contributed by atoms with Gasteiger partial charge in [0, 0.05) is 36.2 Å². The van der Waals surface area contributed by atoms with E-state index in [0.717, 1.165) is 11.5 Å². The van der Waals surface area contributed by atoms with Crippen molar-refractivity contribution in [3.63, 3.8) is 0 Å². The molecule has 4 rings (SSSR count). The summed E-state index contributed by atoms with van der Waals surface area (Å²) in [5, 5.41) is 0.475. The van der Waals surface area contributed by atoms with Crippen LogP contribution >= 0.6 is 11.8 Å². The largest absolute Gasteiger partial charge is 0.337 e. The minimum absolute atomic E-state index is 0.0515. The molecule has 144 valence electrons. The zero-order chi connectivity index (χ0) is 19.7. The molecule has 0 radical (unpaired) electrons. The third-order valence-electron chi connectivity index (χ3n) is 4.91. The number of carbonyl (C=O) groups is 1. The van der Waals surface area contributed by atoms with Gasteiger partial charge in [-0.3, -0.25) is 9.78 Å². The molecule has 0 unspecified atom stereocenters. The molecule has 28 heavy (non-hydrogen) atoms. The molecule has 1 amide bonds. The van der Waals surface area contributed by atoms with E-state index >= 15 is 0 Å². The number of fused-ring (bicyclic) bond motifs is 1. The summed E-state index contributed by atoms with van der Waals surface area (Å²) >= 11 is 1.79. The number of benzene rings is 2. The molecule has 0 bridgehead atoms. The second-order valence-electron chi connectivity index (χ2n) is 6.69. The summed E-state index contributed by atoms with van der Waals surface area (Å²) in [5.74, 6) is 1.44. The van der Waals surface area contributed by atoms with Gasteiger partial charge < -0.3 is 4.90 Å². The van der Waals surface area contributed by atoms with E-state index in [4.69, 9.17) is 0 Å². The van der Waals surface area contributed by atoms with Gasteiger partial charge in [-0.2, -0.15) is 11.8 Å². The lowest BCUT2D eigenvalue weighted by atomic mass is 10.1. The van der Waals surface area contributed by atoms with Crippen molar-refractivity contribution in [2.75, 3.05) is 24.6 Å². The lowest BCUT2D eigenvalue weighted by Crippen LogP contribution is -2.38. The topological polar surface area (TPSA) is 67.3 Å². The van der Waals surface area contributed by atoms with E-state index in [9.17, 15) is 13.2 Å². The first-order valence-electron chi connectivity index (χ1n) is 9.05. The molecule has 5 nitrogen and oxygen atoms in total. The van der Waals surface area contributed by atoms with Gasteiger partial charge in [-0.25, -0.2) is 8.42 Å². The van der Waals surface area contributed by atoms with Crippen LogP contribution < -0.4 is 0 Å². The number of pyridine rings is 1. The van der Waals surface area contributed by atoms with Crippen LogP contribution in [0.2, 0.25) is 0 Å². The lowest BCUT2D eigenvalue weighted by molar-refractivity contribution is 0.0768. The van der Waals surface area contributed by atoms with Gasteiger partial charge in [-0.1, -0.05) is 36.4 Å². The van der Waals surface area contributed by atoms with Crippen molar-refractivity contribution in [1.29, 1.82) is 0 Å². The first kappa shape index (κ1) is 19.0. The summed E-state index contributed by atoms with van der Waals surface area (Å²) in [6.07, 6.45) is 1.41. The van der Waals surface area contributed by atoms with Crippen LogP contribution in [0.25, 0.3) is 10.9 Å². The Morgan fingerprint density at radius 3 is 2.46 bits per heavy atom. The fraction of sp³-hybridized carbons (Fsp3) is 0.238. The lowest BCUT2D eigenvalue weighted by Gasteiger charge is -2.27. The van der Waals surface area contributed by atoms with Gasteiger partial charge in [0.1, 0.15) is 0 Å². The van der Waals surface area contributed by atoms with Crippen molar-refractivity contribution in [3.05, 3.63) is 65.9 Å². The number of hydrogen-bond acceptors (Lipinski definition) is 5. The molecule has 1 aliphatic rings. The SMILES string of the molecule is Cc1ccccc1S(=O)(=O)c1c(C(=O)N2CCSCC2)cnc2ccccc12. The van der Waals surface area contributed by atoms with E-state index < -0.39 is 9.84 Å². The number of rotatable bonds is 3. The Morgan fingerprint density at radius 1 is 1.04 bits per heavy atom. The molecular formula is C21H20N2O3S2. The standard InChI is InChI=1S/C21H20N2O3S2/c1-15-6-2-5-9-19(15)28(25,26)20-16-7-3-4-8-18(16)22-14-17(20)21(24)23-10-12-27-13-11-23/h2-9,14H,10-13H2,1H3. The first-order valence-corrected chi connectivity index (χ1v) is 11.7. The number of aromatic nitrogens is 1. The van der Waals surface area contributed by atoms with Gasteiger partial charge in [0.05, 0.1) is 20.9 Å². The summed E-state index contributed by atoms with van der Waals surface area (Å²) in [6, 6.07) is 13.9. The van der Waals surface area contributed by atoms with Crippen LogP contribution in [-0.2, 0) is 9.84 Å². The number of aryl methyl sites for hydroxylation is 1. The van der Waals surface area contributed by atoms with Gasteiger partial charge in [0.25, 0.3) is 5.91 Å². The molecule has 1 aromatic heterocycles. The number of amides is 1. The number of nitrogens with zero attached hydrogens (tertiary/aromatic N) is 2. The van der Waals surface area contributed by atoms with Crippen molar-refractivity contribution in [2.45, 2.75) is 16.7 Å². The number of thioether (sulfide) groups is 1. The number of sulfone groups is 1. The summed E-state index contributed by atoms with van der Waals surface area (Å²) < 4.78 is 27.3. The molecule has 7 heteroatoms. The van der Waals surface area contributed by atoms with Crippen LogP contribution in [0, 0.1) is 6.92 Å². The maximum absolute atomic E-state index is 13.7. The number of para-hydroxylation sites is 1. The average Bonchev–Trinajstić information content (AvgIpc) is 2.73. The molecule has 0 aliphatic carbocycles. The highest BCUT2D eigenvalue weighted by Crippen LogP contribution is 2.32. The summed E-state index contributed by atoms with van der Waals surface area (Å²) in [7, 11) is -3.90. The quantitative estimate of drug-likeness (QED) is 0.658. The molecule has 1 saturated heterocycles. The van der Waals surface area contributed by atoms with Gasteiger partial charge in [-0.15, -0.1) is 0 Å². The van der Waals surface area contributed by atoms with E-state index in [1.165, 1.54) is 6.20 Å². The molecular weight excluding hydrogens is 392 g/mol. The highest BCUT2D eigenvalue weighted by molar-refractivity contribution is 7.99. The number of carbonyl (C=O) groups excluding carboxylic acids is 1.